The molecule has 0 aliphatic carbocycles. The standard InChI is InChI=1S/C74H62N4OSi/c1-73(2,3)54-41-42-75-71(46-54)78-65-35-17-20-38-69(65)80(67-36-18-13-29-61(67)62-30-14-19-37-68(62)80)70-40-39-58(48-66(70)78)79-57-28-21-27-56(47-57)76-49-77(64-34-16-15-33-63(64)76)72-59(51-25-11-8-12-26-51)31-22-32-60(72)53-43-52(50-23-9-7-10-24-50)44-55(45-53)74(4,5)6/h7-48H,49H2,1-6H3/i7D,8D,9D,10D,11D,12D,23D,24D,25D,26D. The summed E-state index contributed by atoms with van der Waals surface area (Å²) in [5.41, 5.74) is 11.0. The summed E-state index contributed by atoms with van der Waals surface area (Å²) < 4.78 is 96.0. The Kier molecular flexibility index (Phi) is 9.31. The van der Waals surface area contributed by atoms with Gasteiger partial charge in [-0.15, -0.1) is 0 Å². The fraction of sp³-hybridized carbons (Fsp3) is 0.122. The quantitative estimate of drug-likeness (QED) is 0.142. The lowest BCUT2D eigenvalue weighted by Crippen LogP contribution is -2.75. The van der Waals surface area contributed by atoms with E-state index in [9.17, 15) is 2.74 Å². The molecule has 4 heterocycles. The third-order valence-electron chi connectivity index (χ3n) is 16.0. The van der Waals surface area contributed by atoms with Crippen molar-refractivity contribution in [2.24, 2.45) is 0 Å². The van der Waals surface area contributed by atoms with Gasteiger partial charge < -0.3 is 14.5 Å². The zero-order valence-corrected chi connectivity index (χ0v) is 46.4. The first-order valence-electron chi connectivity index (χ1n) is 32.1. The lowest BCUT2D eigenvalue weighted by molar-refractivity contribution is 0.483. The van der Waals surface area contributed by atoms with Gasteiger partial charge in [0.25, 0.3) is 0 Å². The Balaban J connectivity index is 0.915. The molecule has 3 aliphatic rings. The predicted octanol–water partition coefficient (Wildman–Crippen LogP) is 16.9. The Bertz CT molecular complexity index is 4720. The number of nitrogens with zero attached hydrogens (tertiary/aromatic N) is 4. The number of aromatic nitrogens is 1. The van der Waals surface area contributed by atoms with Gasteiger partial charge in [-0.3, -0.25) is 4.90 Å². The molecule has 388 valence electrons. The molecular formula is C74H62N4OSi. The number of pyridine rings is 1. The van der Waals surface area contributed by atoms with Crippen LogP contribution in [0.25, 0.3) is 44.5 Å². The van der Waals surface area contributed by atoms with Crippen molar-refractivity contribution < 1.29 is 18.4 Å². The molecule has 1 spiro atoms. The van der Waals surface area contributed by atoms with Crippen LogP contribution in [0.4, 0.5) is 39.9 Å². The highest BCUT2D eigenvalue weighted by Crippen LogP contribution is 2.51. The average Bonchev–Trinajstić information content (AvgIpc) is 1.43. The molecule has 3 aliphatic heterocycles. The van der Waals surface area contributed by atoms with Gasteiger partial charge in [-0.25, -0.2) is 4.98 Å². The van der Waals surface area contributed by atoms with Crippen molar-refractivity contribution in [3.05, 3.63) is 266 Å². The van der Waals surface area contributed by atoms with Gasteiger partial charge in [0, 0.05) is 40.8 Å². The lowest BCUT2D eigenvalue weighted by atomic mass is 9.82. The van der Waals surface area contributed by atoms with Gasteiger partial charge in [-0.05, 0) is 131 Å². The van der Waals surface area contributed by atoms with Gasteiger partial charge >= 0.3 is 0 Å². The van der Waals surface area contributed by atoms with Crippen molar-refractivity contribution >= 4 is 68.8 Å². The molecule has 0 N–H and O–H groups in total. The predicted molar refractivity (Wildman–Crippen MR) is 337 cm³/mol. The molecule has 0 amide bonds. The minimum Gasteiger partial charge on any atom is -0.457 e. The van der Waals surface area contributed by atoms with Crippen LogP contribution in [0.15, 0.2) is 255 Å². The van der Waals surface area contributed by atoms with E-state index in [-0.39, 0.29) is 47.4 Å². The van der Waals surface area contributed by atoms with Crippen LogP contribution in [0, 0.1) is 0 Å². The number of fused-ring (bicyclic) bond motifs is 10. The molecule has 80 heavy (non-hydrogen) atoms. The van der Waals surface area contributed by atoms with Crippen LogP contribution in [0.1, 0.15) is 66.4 Å². The van der Waals surface area contributed by atoms with E-state index in [1.165, 1.54) is 31.9 Å². The summed E-state index contributed by atoms with van der Waals surface area (Å²) in [7, 11) is -2.96. The summed E-state index contributed by atoms with van der Waals surface area (Å²) in [6, 6.07) is 60.3. The molecule has 0 unspecified atom stereocenters. The molecule has 0 saturated heterocycles. The first-order valence-corrected chi connectivity index (χ1v) is 29.1. The fourth-order valence-corrected chi connectivity index (χ4v) is 17.8. The Morgan fingerprint density at radius 1 is 0.425 bits per heavy atom. The number of anilines is 7. The van der Waals surface area contributed by atoms with Crippen molar-refractivity contribution in [1.82, 2.24) is 4.98 Å². The van der Waals surface area contributed by atoms with Crippen molar-refractivity contribution in [3.8, 4) is 56.0 Å². The van der Waals surface area contributed by atoms with Crippen LogP contribution >= 0.6 is 0 Å². The Hall–Kier alpha value is -9.23. The second-order valence-electron chi connectivity index (χ2n) is 22.9. The molecule has 0 fully saturated rings. The van der Waals surface area contributed by atoms with Gasteiger partial charge in [-0.1, -0.05) is 223 Å². The lowest BCUT2D eigenvalue weighted by Gasteiger charge is -2.43. The third-order valence-corrected chi connectivity index (χ3v) is 21.0. The summed E-state index contributed by atoms with van der Waals surface area (Å²) >= 11 is 0. The van der Waals surface area contributed by atoms with Crippen LogP contribution in [-0.4, -0.2) is 19.7 Å². The molecule has 0 saturated carbocycles. The van der Waals surface area contributed by atoms with E-state index in [0.29, 0.717) is 39.4 Å². The van der Waals surface area contributed by atoms with Crippen molar-refractivity contribution in [1.29, 1.82) is 0 Å². The Labute approximate surface area is 485 Å². The van der Waals surface area contributed by atoms with Gasteiger partial charge in [0.1, 0.15) is 24.0 Å². The molecule has 14 rings (SSSR count). The van der Waals surface area contributed by atoms with Crippen molar-refractivity contribution in [3.63, 3.8) is 0 Å². The van der Waals surface area contributed by atoms with Gasteiger partial charge in [-0.2, -0.15) is 0 Å². The average molecular weight is 1060 g/mol. The largest absolute Gasteiger partial charge is 0.457 e. The van der Waals surface area contributed by atoms with Gasteiger partial charge in [0.05, 0.1) is 36.5 Å². The van der Waals surface area contributed by atoms with Crippen LogP contribution in [0.3, 0.4) is 0 Å². The summed E-state index contributed by atoms with van der Waals surface area (Å²) in [6.45, 7) is 13.0. The van der Waals surface area contributed by atoms with E-state index in [2.05, 4.69) is 139 Å². The van der Waals surface area contributed by atoms with E-state index in [1.54, 1.807) is 12.1 Å². The zero-order chi connectivity index (χ0) is 63.0. The van der Waals surface area contributed by atoms with E-state index >= 15 is 0 Å². The normalized spacial score (nSPS) is 15.6. The molecule has 0 atom stereocenters. The fourth-order valence-electron chi connectivity index (χ4n) is 12.3. The number of benzene rings is 10. The van der Waals surface area contributed by atoms with Crippen molar-refractivity contribution in [2.75, 3.05) is 21.4 Å². The van der Waals surface area contributed by atoms with Crippen LogP contribution < -0.4 is 40.2 Å². The molecule has 6 heteroatoms. The van der Waals surface area contributed by atoms with E-state index in [0.717, 1.165) is 45.4 Å². The second-order valence-corrected chi connectivity index (χ2v) is 26.5. The second kappa shape index (κ2) is 19.0. The van der Waals surface area contributed by atoms with E-state index < -0.39 is 49.7 Å². The highest BCUT2D eigenvalue weighted by Gasteiger charge is 2.54. The van der Waals surface area contributed by atoms with Crippen molar-refractivity contribution in [2.45, 2.75) is 52.4 Å². The monoisotopic (exact) mass is 1060 g/mol. The summed E-state index contributed by atoms with van der Waals surface area (Å²) in [5.74, 6) is 2.03. The number of rotatable bonds is 8. The number of hydrogen-bond acceptors (Lipinski definition) is 5. The van der Waals surface area contributed by atoms with E-state index in [4.69, 9.17) is 20.7 Å². The SMILES string of the molecule is [2H]c1c([2H])c([2H])c(-c2cc(-c3cccc(-c4c([2H])c([2H])c([2H])c([2H])c4[2H])c3N3CN(c4cccc(Oc5ccc6c(c5)N(c5cc(C(C)(C)C)ccn5)c5ccccc5[Si]65c6ccccc6-c6ccccc65)c4)c4ccccc43)cc(C(C)(C)C)c2)c([2H])c1[2H]. The maximum Gasteiger partial charge on any atom is 0.185 e. The minimum absolute atomic E-state index is 0.0155. The smallest absolute Gasteiger partial charge is 0.185 e. The maximum atomic E-state index is 9.38. The van der Waals surface area contributed by atoms with Crippen LogP contribution in [0.5, 0.6) is 11.5 Å². The molecule has 1 aromatic heterocycles. The number of para-hydroxylation sites is 4. The zero-order valence-electron chi connectivity index (χ0n) is 55.4. The number of ether oxygens (including phenoxy) is 1. The van der Waals surface area contributed by atoms with Gasteiger partial charge in [0.15, 0.2) is 8.07 Å². The summed E-state index contributed by atoms with van der Waals surface area (Å²) in [5, 5.41) is 5.21. The Morgan fingerprint density at radius 2 is 0.975 bits per heavy atom. The maximum absolute atomic E-state index is 9.38. The molecule has 5 nitrogen and oxygen atoms in total. The molecule has 0 bridgehead atoms. The highest BCUT2D eigenvalue weighted by molar-refractivity contribution is 7.23. The summed E-state index contributed by atoms with van der Waals surface area (Å²) in [6.07, 6.45) is 1.91. The third kappa shape index (κ3) is 8.07. The number of hydrogen-bond donors (Lipinski definition) is 0. The van der Waals surface area contributed by atoms with Crippen LogP contribution in [0.2, 0.25) is 0 Å². The molecule has 10 aromatic carbocycles. The Morgan fingerprint density at radius 3 is 1.66 bits per heavy atom. The van der Waals surface area contributed by atoms with Crippen LogP contribution in [-0.2, 0) is 10.8 Å². The summed E-state index contributed by atoms with van der Waals surface area (Å²) in [4.78, 5) is 11.7. The molecular weight excluding hydrogens is 989 g/mol. The molecule has 11 aromatic rings. The first-order chi connectivity index (χ1) is 43.1. The van der Waals surface area contributed by atoms with Gasteiger partial charge in [0.2, 0.25) is 0 Å². The minimum atomic E-state index is -2.96. The topological polar surface area (TPSA) is 31.8 Å². The molecule has 0 radical (unpaired) electrons. The highest BCUT2D eigenvalue weighted by atomic mass is 28.3. The van der Waals surface area contributed by atoms with E-state index in [1.807, 2.05) is 99.8 Å². The first kappa shape index (κ1) is 39.2.